The molecule has 3 unspecified atom stereocenters. The molecule has 17 heavy (non-hydrogen) atoms. The van der Waals surface area contributed by atoms with E-state index in [9.17, 15) is 0 Å². The van der Waals surface area contributed by atoms with Crippen LogP contribution in [0.25, 0.3) is 0 Å². The molecule has 1 heterocycles. The zero-order valence-corrected chi connectivity index (χ0v) is 13.4. The highest BCUT2D eigenvalue weighted by Gasteiger charge is 2.28. The summed E-state index contributed by atoms with van der Waals surface area (Å²) in [4.78, 5) is 5.17. The van der Waals surface area contributed by atoms with Gasteiger partial charge in [0.25, 0.3) is 0 Å². The lowest BCUT2D eigenvalue weighted by molar-refractivity contribution is 0.270. The number of hydrogen-bond donors (Lipinski definition) is 0. The first kappa shape index (κ1) is 13.5. The van der Waals surface area contributed by atoms with E-state index < -0.39 is 0 Å². The maximum Gasteiger partial charge on any atom is 0.0413 e. The molecule has 0 amide bonds. The van der Waals surface area contributed by atoms with Gasteiger partial charge in [0.1, 0.15) is 0 Å². The van der Waals surface area contributed by atoms with E-state index in [0.29, 0.717) is 4.83 Å². The van der Waals surface area contributed by atoms with E-state index in [0.717, 1.165) is 22.7 Å². The lowest BCUT2D eigenvalue weighted by atomic mass is 9.78. The van der Waals surface area contributed by atoms with Crippen molar-refractivity contribution in [3.63, 3.8) is 0 Å². The molecular weight excluding hydrogens is 342 g/mol. The quantitative estimate of drug-likeness (QED) is 0.693. The Morgan fingerprint density at radius 1 is 1.35 bits per heavy atom. The predicted molar refractivity (Wildman–Crippen MR) is 79.5 cm³/mol. The minimum absolute atomic E-state index is 0.677. The monoisotopic (exact) mass is 359 g/mol. The molecule has 2 rings (SSSR count). The third-order valence-electron chi connectivity index (χ3n) is 3.84. The van der Waals surface area contributed by atoms with Gasteiger partial charge in [0, 0.05) is 21.2 Å². The summed E-state index contributed by atoms with van der Waals surface area (Å²) in [6.07, 6.45) is 8.39. The number of aromatic nitrogens is 1. The zero-order valence-electron chi connectivity index (χ0n) is 10.2. The standard InChI is InChI=1S/C14H19Br2N/c1-2-10-3-6-14(16)11(7-10)8-13-5-4-12(15)9-17-13/h4-5,9-11,14H,2-3,6-8H2,1H3. The molecule has 94 valence electrons. The van der Waals surface area contributed by atoms with Gasteiger partial charge in [-0.25, -0.2) is 0 Å². The number of pyridine rings is 1. The van der Waals surface area contributed by atoms with E-state index in [1.54, 1.807) is 0 Å². The molecule has 0 bridgehead atoms. The summed E-state index contributed by atoms with van der Waals surface area (Å²) in [5, 5.41) is 0. The number of nitrogens with zero attached hydrogens (tertiary/aromatic N) is 1. The topological polar surface area (TPSA) is 12.9 Å². The SMILES string of the molecule is CCC1CCC(Br)C(Cc2ccc(Br)cn2)C1. The molecule has 0 saturated heterocycles. The van der Waals surface area contributed by atoms with E-state index in [2.05, 4.69) is 55.9 Å². The van der Waals surface area contributed by atoms with Crippen LogP contribution in [0.1, 0.15) is 38.3 Å². The highest BCUT2D eigenvalue weighted by molar-refractivity contribution is 9.10. The summed E-state index contributed by atoms with van der Waals surface area (Å²) in [6.45, 7) is 2.31. The smallest absolute Gasteiger partial charge is 0.0413 e. The van der Waals surface area contributed by atoms with Crippen molar-refractivity contribution in [1.82, 2.24) is 4.98 Å². The van der Waals surface area contributed by atoms with Crippen LogP contribution >= 0.6 is 31.9 Å². The fourth-order valence-corrected chi connectivity index (χ4v) is 3.60. The van der Waals surface area contributed by atoms with Crippen LogP contribution in [0.4, 0.5) is 0 Å². The molecule has 1 aromatic heterocycles. The average molecular weight is 361 g/mol. The normalized spacial score (nSPS) is 29.2. The van der Waals surface area contributed by atoms with Gasteiger partial charge in [0.15, 0.2) is 0 Å². The first-order valence-electron chi connectivity index (χ1n) is 6.43. The Kier molecular flexibility index (Phi) is 5.04. The number of hydrogen-bond acceptors (Lipinski definition) is 1. The van der Waals surface area contributed by atoms with Crippen LogP contribution < -0.4 is 0 Å². The van der Waals surface area contributed by atoms with Crippen molar-refractivity contribution >= 4 is 31.9 Å². The van der Waals surface area contributed by atoms with Crippen molar-refractivity contribution < 1.29 is 0 Å². The van der Waals surface area contributed by atoms with Gasteiger partial charge in [-0.1, -0.05) is 29.3 Å². The van der Waals surface area contributed by atoms with Gasteiger partial charge in [-0.15, -0.1) is 0 Å². The Morgan fingerprint density at radius 2 is 2.18 bits per heavy atom. The van der Waals surface area contributed by atoms with Crippen LogP contribution in [0.5, 0.6) is 0 Å². The van der Waals surface area contributed by atoms with Crippen molar-refractivity contribution in [2.24, 2.45) is 11.8 Å². The molecule has 0 radical (unpaired) electrons. The molecule has 3 atom stereocenters. The molecule has 0 N–H and O–H groups in total. The second-order valence-electron chi connectivity index (χ2n) is 5.04. The van der Waals surface area contributed by atoms with Gasteiger partial charge in [-0.3, -0.25) is 4.98 Å². The van der Waals surface area contributed by atoms with Gasteiger partial charge in [-0.05, 0) is 65.6 Å². The summed E-state index contributed by atoms with van der Waals surface area (Å²) in [6, 6.07) is 4.23. The maximum atomic E-state index is 4.49. The molecule has 0 aliphatic heterocycles. The largest absolute Gasteiger partial charge is 0.260 e. The molecule has 0 aromatic carbocycles. The van der Waals surface area contributed by atoms with Crippen molar-refractivity contribution in [3.05, 3.63) is 28.5 Å². The molecule has 1 aliphatic rings. The van der Waals surface area contributed by atoms with Crippen LogP contribution in [-0.4, -0.2) is 9.81 Å². The van der Waals surface area contributed by atoms with Gasteiger partial charge in [-0.2, -0.15) is 0 Å². The Labute approximate surface area is 121 Å². The molecule has 1 aliphatic carbocycles. The first-order valence-corrected chi connectivity index (χ1v) is 8.14. The molecule has 3 heteroatoms. The van der Waals surface area contributed by atoms with E-state index >= 15 is 0 Å². The minimum atomic E-state index is 0.677. The lowest BCUT2D eigenvalue weighted by Crippen LogP contribution is -2.26. The Hall–Kier alpha value is 0.110. The summed E-state index contributed by atoms with van der Waals surface area (Å²) in [7, 11) is 0. The van der Waals surface area contributed by atoms with Gasteiger partial charge >= 0.3 is 0 Å². The number of rotatable bonds is 3. The predicted octanol–water partition coefficient (Wildman–Crippen LogP) is 4.98. The highest BCUT2D eigenvalue weighted by Crippen LogP contribution is 2.36. The third-order valence-corrected chi connectivity index (χ3v) is 5.51. The van der Waals surface area contributed by atoms with Crippen LogP contribution in [0.2, 0.25) is 0 Å². The average Bonchev–Trinajstić information content (AvgIpc) is 2.35. The second-order valence-corrected chi connectivity index (χ2v) is 7.13. The summed E-state index contributed by atoms with van der Waals surface area (Å²) in [5.41, 5.74) is 1.22. The molecular formula is C14H19Br2N. The van der Waals surface area contributed by atoms with E-state index in [4.69, 9.17) is 0 Å². The van der Waals surface area contributed by atoms with Gasteiger partial charge < -0.3 is 0 Å². The van der Waals surface area contributed by atoms with Crippen molar-refractivity contribution in [2.45, 2.75) is 43.9 Å². The van der Waals surface area contributed by atoms with Crippen molar-refractivity contribution in [2.75, 3.05) is 0 Å². The Bertz CT molecular complexity index is 350. The maximum absolute atomic E-state index is 4.49. The zero-order chi connectivity index (χ0) is 12.3. The fraction of sp³-hybridized carbons (Fsp3) is 0.643. The van der Waals surface area contributed by atoms with Crippen LogP contribution in [0.3, 0.4) is 0 Å². The van der Waals surface area contributed by atoms with Gasteiger partial charge in [0.2, 0.25) is 0 Å². The van der Waals surface area contributed by atoms with Crippen molar-refractivity contribution in [3.8, 4) is 0 Å². The third kappa shape index (κ3) is 3.78. The van der Waals surface area contributed by atoms with Crippen LogP contribution in [-0.2, 0) is 6.42 Å². The van der Waals surface area contributed by atoms with E-state index in [1.807, 2.05) is 6.20 Å². The molecule has 0 spiro atoms. The summed E-state index contributed by atoms with van der Waals surface area (Å²) in [5.74, 6) is 1.67. The van der Waals surface area contributed by atoms with Crippen LogP contribution in [0.15, 0.2) is 22.8 Å². The number of halogens is 2. The van der Waals surface area contributed by atoms with E-state index in [-0.39, 0.29) is 0 Å². The molecule has 1 fully saturated rings. The Balaban J connectivity index is 1.98. The van der Waals surface area contributed by atoms with Crippen molar-refractivity contribution in [1.29, 1.82) is 0 Å². The summed E-state index contributed by atoms with van der Waals surface area (Å²) < 4.78 is 1.06. The van der Waals surface area contributed by atoms with Crippen LogP contribution in [0, 0.1) is 11.8 Å². The number of alkyl halides is 1. The fourth-order valence-electron chi connectivity index (χ4n) is 2.70. The summed E-state index contributed by atoms with van der Waals surface area (Å²) >= 11 is 7.28. The molecule has 1 saturated carbocycles. The van der Waals surface area contributed by atoms with E-state index in [1.165, 1.54) is 31.4 Å². The second kappa shape index (κ2) is 6.33. The first-order chi connectivity index (χ1) is 8.19. The molecule has 1 nitrogen and oxygen atoms in total. The minimum Gasteiger partial charge on any atom is -0.260 e. The molecule has 1 aromatic rings. The van der Waals surface area contributed by atoms with Gasteiger partial charge in [0.05, 0.1) is 0 Å². The highest BCUT2D eigenvalue weighted by atomic mass is 79.9. The Morgan fingerprint density at radius 3 is 2.82 bits per heavy atom. The lowest BCUT2D eigenvalue weighted by Gasteiger charge is -2.32.